The molecule has 0 unspecified atom stereocenters. The number of carbonyl (C=O) groups is 1. The normalized spacial score (nSPS) is 12.5. The van der Waals surface area contributed by atoms with E-state index in [0.717, 1.165) is 0 Å². The van der Waals surface area contributed by atoms with Gasteiger partial charge in [-0.1, -0.05) is 12.1 Å². The summed E-state index contributed by atoms with van der Waals surface area (Å²) >= 11 is 0. The fourth-order valence-corrected chi connectivity index (χ4v) is 2.11. The number of rotatable bonds is 7. The van der Waals surface area contributed by atoms with E-state index in [1.165, 1.54) is 12.1 Å². The molecular weight excluding hydrogens is 286 g/mol. The molecule has 0 fully saturated rings. The molecule has 1 atom stereocenters. The lowest BCUT2D eigenvalue weighted by molar-refractivity contribution is -0.384. The van der Waals surface area contributed by atoms with Crippen LogP contribution in [0.15, 0.2) is 24.3 Å². The third-order valence-corrected chi connectivity index (χ3v) is 3.30. The Kier molecular flexibility index (Phi) is 6.30. The Balaban J connectivity index is 2.46. The van der Waals surface area contributed by atoms with E-state index >= 15 is 0 Å². The minimum absolute atomic E-state index is 0.00919. The van der Waals surface area contributed by atoms with Gasteiger partial charge in [0.1, 0.15) is 0 Å². The number of ether oxygens (including phenoxy) is 1. The van der Waals surface area contributed by atoms with E-state index in [-0.39, 0.29) is 29.9 Å². The second-order valence-corrected chi connectivity index (χ2v) is 5.82. The van der Waals surface area contributed by atoms with Crippen molar-refractivity contribution >= 4 is 11.7 Å². The Morgan fingerprint density at radius 2 is 2.14 bits per heavy atom. The fraction of sp³-hybridized carbons (Fsp3) is 0.533. The lowest BCUT2D eigenvalue weighted by atomic mass is 10.00. The first kappa shape index (κ1) is 17.9. The summed E-state index contributed by atoms with van der Waals surface area (Å²) in [5.41, 5.74) is 0.372. The molecule has 1 aromatic rings. The topological polar surface area (TPSA) is 93.5 Å². The first-order valence-corrected chi connectivity index (χ1v) is 7.06. The van der Waals surface area contributed by atoms with Crippen molar-refractivity contribution in [3.05, 3.63) is 39.9 Å². The highest BCUT2D eigenvalue weighted by molar-refractivity contribution is 5.74. The largest absolute Gasteiger partial charge is 0.379 e. The molecule has 0 spiro atoms. The number of carbonyl (C=O) groups excluding carboxylic acids is 1. The number of nitro groups is 1. The van der Waals surface area contributed by atoms with E-state index in [2.05, 4.69) is 10.6 Å². The molecule has 0 saturated heterocycles. The van der Waals surface area contributed by atoms with Crippen molar-refractivity contribution in [3.63, 3.8) is 0 Å². The SMILES string of the molecule is COC(C)(C)C[C@H](C)NC(=O)NCc1cccc([N+](=O)[O-])c1. The number of amides is 2. The van der Waals surface area contributed by atoms with E-state index in [0.29, 0.717) is 12.0 Å². The van der Waals surface area contributed by atoms with Crippen molar-refractivity contribution in [3.8, 4) is 0 Å². The molecule has 1 rings (SSSR count). The number of hydrogen-bond donors (Lipinski definition) is 2. The van der Waals surface area contributed by atoms with Crippen LogP contribution in [0.4, 0.5) is 10.5 Å². The first-order valence-electron chi connectivity index (χ1n) is 7.06. The fourth-order valence-electron chi connectivity index (χ4n) is 2.11. The Hall–Kier alpha value is -2.15. The second-order valence-electron chi connectivity index (χ2n) is 5.82. The highest BCUT2D eigenvalue weighted by atomic mass is 16.6. The van der Waals surface area contributed by atoms with Gasteiger partial charge in [-0.3, -0.25) is 10.1 Å². The first-order chi connectivity index (χ1) is 10.2. The van der Waals surface area contributed by atoms with Gasteiger partial charge in [0.05, 0.1) is 10.5 Å². The predicted octanol–water partition coefficient (Wildman–Crippen LogP) is 2.60. The summed E-state index contributed by atoms with van der Waals surface area (Å²) in [7, 11) is 1.63. The summed E-state index contributed by atoms with van der Waals surface area (Å²) in [6, 6.07) is 5.81. The van der Waals surface area contributed by atoms with Crippen LogP contribution in [-0.2, 0) is 11.3 Å². The van der Waals surface area contributed by atoms with Gasteiger partial charge in [-0.25, -0.2) is 4.79 Å². The molecule has 0 aliphatic heterocycles. The number of nitro benzene ring substituents is 1. The summed E-state index contributed by atoms with van der Waals surface area (Å²) in [6.45, 7) is 6.03. The van der Waals surface area contributed by atoms with Gasteiger partial charge in [0.2, 0.25) is 0 Å². The molecular formula is C15H23N3O4. The van der Waals surface area contributed by atoms with Crippen LogP contribution in [0, 0.1) is 10.1 Å². The Labute approximate surface area is 130 Å². The molecule has 2 N–H and O–H groups in total. The maximum Gasteiger partial charge on any atom is 0.315 e. The summed E-state index contributed by atoms with van der Waals surface area (Å²) in [5.74, 6) is 0. The summed E-state index contributed by atoms with van der Waals surface area (Å²) in [4.78, 5) is 22.1. The minimum atomic E-state index is -0.460. The van der Waals surface area contributed by atoms with Crippen LogP contribution in [0.25, 0.3) is 0 Å². The lowest BCUT2D eigenvalue weighted by Crippen LogP contribution is -2.43. The average Bonchev–Trinajstić information content (AvgIpc) is 2.44. The van der Waals surface area contributed by atoms with Gasteiger partial charge < -0.3 is 15.4 Å². The van der Waals surface area contributed by atoms with Gasteiger partial charge >= 0.3 is 6.03 Å². The van der Waals surface area contributed by atoms with Crippen LogP contribution >= 0.6 is 0 Å². The molecule has 0 aromatic heterocycles. The number of hydrogen-bond acceptors (Lipinski definition) is 4. The van der Waals surface area contributed by atoms with Crippen LogP contribution in [0.3, 0.4) is 0 Å². The summed E-state index contributed by atoms with van der Waals surface area (Å²) in [5, 5.41) is 16.2. The highest BCUT2D eigenvalue weighted by Crippen LogP contribution is 2.15. The van der Waals surface area contributed by atoms with Crippen molar-refractivity contribution in [2.45, 2.75) is 45.4 Å². The van der Waals surface area contributed by atoms with Gasteiger partial charge in [0.15, 0.2) is 0 Å². The smallest absolute Gasteiger partial charge is 0.315 e. The summed E-state index contributed by atoms with van der Waals surface area (Å²) < 4.78 is 5.32. The predicted molar refractivity (Wildman–Crippen MR) is 83.6 cm³/mol. The van der Waals surface area contributed by atoms with Gasteiger partial charge in [-0.2, -0.15) is 0 Å². The molecule has 0 saturated carbocycles. The Morgan fingerprint density at radius 1 is 1.45 bits per heavy atom. The monoisotopic (exact) mass is 309 g/mol. The van der Waals surface area contributed by atoms with E-state index < -0.39 is 4.92 Å². The Bertz CT molecular complexity index is 531. The van der Waals surface area contributed by atoms with E-state index in [1.54, 1.807) is 19.2 Å². The lowest BCUT2D eigenvalue weighted by Gasteiger charge is -2.27. The van der Waals surface area contributed by atoms with Crippen molar-refractivity contribution < 1.29 is 14.5 Å². The molecule has 2 amide bonds. The molecule has 0 aliphatic rings. The molecule has 1 aromatic carbocycles. The molecule has 7 heteroatoms. The molecule has 0 radical (unpaired) electrons. The molecule has 0 heterocycles. The zero-order valence-corrected chi connectivity index (χ0v) is 13.4. The molecule has 0 bridgehead atoms. The summed E-state index contributed by atoms with van der Waals surface area (Å²) in [6.07, 6.45) is 0.674. The van der Waals surface area contributed by atoms with Crippen molar-refractivity contribution in [1.82, 2.24) is 10.6 Å². The molecule has 7 nitrogen and oxygen atoms in total. The van der Waals surface area contributed by atoms with Crippen molar-refractivity contribution in [2.24, 2.45) is 0 Å². The van der Waals surface area contributed by atoms with Crippen molar-refractivity contribution in [1.29, 1.82) is 0 Å². The van der Waals surface area contributed by atoms with Gasteiger partial charge in [0.25, 0.3) is 5.69 Å². The second kappa shape index (κ2) is 7.74. The number of methoxy groups -OCH3 is 1. The molecule has 122 valence electrons. The third kappa shape index (κ3) is 6.09. The van der Waals surface area contributed by atoms with Crippen LogP contribution in [-0.4, -0.2) is 29.7 Å². The van der Waals surface area contributed by atoms with Crippen molar-refractivity contribution in [2.75, 3.05) is 7.11 Å². The molecule has 22 heavy (non-hydrogen) atoms. The number of nitrogens with one attached hydrogen (secondary N) is 2. The minimum Gasteiger partial charge on any atom is -0.379 e. The van der Waals surface area contributed by atoms with Crippen LogP contribution in [0.1, 0.15) is 32.8 Å². The number of benzene rings is 1. The zero-order valence-electron chi connectivity index (χ0n) is 13.4. The maximum absolute atomic E-state index is 11.8. The number of urea groups is 1. The van der Waals surface area contributed by atoms with Crippen LogP contribution in [0.5, 0.6) is 0 Å². The van der Waals surface area contributed by atoms with Crippen LogP contribution in [0.2, 0.25) is 0 Å². The van der Waals surface area contributed by atoms with Gasteiger partial charge in [-0.15, -0.1) is 0 Å². The third-order valence-electron chi connectivity index (χ3n) is 3.30. The maximum atomic E-state index is 11.8. The number of nitrogens with zero attached hydrogens (tertiary/aromatic N) is 1. The zero-order chi connectivity index (χ0) is 16.8. The molecule has 0 aliphatic carbocycles. The number of non-ortho nitro benzene ring substituents is 1. The van der Waals surface area contributed by atoms with E-state index in [9.17, 15) is 14.9 Å². The quantitative estimate of drug-likeness (QED) is 0.598. The standard InChI is InChI=1S/C15H23N3O4/c1-11(9-15(2,3)22-4)17-14(19)16-10-12-6-5-7-13(8-12)18(20)21/h5-8,11H,9-10H2,1-4H3,(H2,16,17,19)/t11-/m0/s1. The van der Waals surface area contributed by atoms with Gasteiger partial charge in [0, 0.05) is 31.8 Å². The van der Waals surface area contributed by atoms with Gasteiger partial charge in [-0.05, 0) is 32.8 Å². The van der Waals surface area contributed by atoms with E-state index in [4.69, 9.17) is 4.74 Å². The highest BCUT2D eigenvalue weighted by Gasteiger charge is 2.21. The van der Waals surface area contributed by atoms with Crippen LogP contribution < -0.4 is 10.6 Å². The Morgan fingerprint density at radius 3 is 2.73 bits per heavy atom. The van der Waals surface area contributed by atoms with E-state index in [1.807, 2.05) is 20.8 Å². The average molecular weight is 309 g/mol.